The maximum Gasteiger partial charge on any atom is 0.332 e. The highest BCUT2D eigenvalue weighted by atomic mass is 16.2. The molecule has 1 amide bonds. The Hall–Kier alpha value is -3.15. The number of fused-ring (bicyclic) bond motifs is 1. The van der Waals surface area contributed by atoms with Crippen LogP contribution < -0.4 is 16.6 Å². The number of aromatic nitrogens is 2. The molecule has 0 aliphatic rings. The topological polar surface area (TPSA) is 73.1 Å². The van der Waals surface area contributed by atoms with E-state index in [2.05, 4.69) is 5.32 Å². The number of hydrogen-bond donors (Lipinski definition) is 1. The van der Waals surface area contributed by atoms with Crippen LogP contribution in [0.25, 0.3) is 10.9 Å². The molecule has 6 heteroatoms. The van der Waals surface area contributed by atoms with Crippen LogP contribution in [0.5, 0.6) is 0 Å². The largest absolute Gasteiger partial charge is 0.350 e. The molecule has 1 heterocycles. The minimum atomic E-state index is -0.456. The Balaban J connectivity index is 1.97. The standard InChI is InChI=1S/C21H23N3O3/c1-3-15(2)24-20(26)17-11-7-8-12-18(17)23(21(24)27)14-19(25)22-13-16-9-5-4-6-10-16/h4-12,15H,3,13-14H2,1-2H3,(H,22,25). The van der Waals surface area contributed by atoms with Gasteiger partial charge in [-0.05, 0) is 31.0 Å². The fourth-order valence-electron chi connectivity index (χ4n) is 3.06. The van der Waals surface area contributed by atoms with E-state index in [9.17, 15) is 14.4 Å². The van der Waals surface area contributed by atoms with Crippen LogP contribution in [-0.4, -0.2) is 15.0 Å². The Morgan fingerprint density at radius 2 is 1.70 bits per heavy atom. The van der Waals surface area contributed by atoms with Crippen LogP contribution in [-0.2, 0) is 17.9 Å². The van der Waals surface area contributed by atoms with Crippen molar-refractivity contribution < 1.29 is 4.79 Å². The number of carbonyl (C=O) groups excluding carboxylic acids is 1. The number of hydrogen-bond acceptors (Lipinski definition) is 3. The van der Waals surface area contributed by atoms with Gasteiger partial charge in [-0.15, -0.1) is 0 Å². The monoisotopic (exact) mass is 365 g/mol. The van der Waals surface area contributed by atoms with E-state index < -0.39 is 5.69 Å². The van der Waals surface area contributed by atoms with Gasteiger partial charge in [0.1, 0.15) is 6.54 Å². The number of nitrogens with zero attached hydrogens (tertiary/aromatic N) is 2. The van der Waals surface area contributed by atoms with Gasteiger partial charge in [0.25, 0.3) is 5.56 Å². The summed E-state index contributed by atoms with van der Waals surface area (Å²) in [6, 6.07) is 16.2. The van der Waals surface area contributed by atoms with Crippen LogP contribution in [0.2, 0.25) is 0 Å². The molecule has 3 rings (SSSR count). The third kappa shape index (κ3) is 3.84. The molecule has 1 atom stereocenters. The van der Waals surface area contributed by atoms with Crippen molar-refractivity contribution in [2.45, 2.75) is 39.4 Å². The van der Waals surface area contributed by atoms with Crippen LogP contribution >= 0.6 is 0 Å². The Morgan fingerprint density at radius 1 is 1.04 bits per heavy atom. The highest BCUT2D eigenvalue weighted by molar-refractivity contribution is 5.81. The predicted molar refractivity (Wildman–Crippen MR) is 106 cm³/mol. The summed E-state index contributed by atoms with van der Waals surface area (Å²) in [7, 11) is 0. The average Bonchev–Trinajstić information content (AvgIpc) is 2.70. The zero-order valence-corrected chi connectivity index (χ0v) is 15.5. The number of carbonyl (C=O) groups is 1. The summed E-state index contributed by atoms with van der Waals surface area (Å²) < 4.78 is 2.62. The maximum atomic E-state index is 13.0. The lowest BCUT2D eigenvalue weighted by molar-refractivity contribution is -0.121. The smallest absolute Gasteiger partial charge is 0.332 e. The summed E-state index contributed by atoms with van der Waals surface area (Å²) in [5.41, 5.74) is 0.684. The molecule has 27 heavy (non-hydrogen) atoms. The maximum absolute atomic E-state index is 13.0. The van der Waals surface area contributed by atoms with Crippen molar-refractivity contribution in [3.05, 3.63) is 81.0 Å². The Labute approximate surface area is 157 Å². The Morgan fingerprint density at radius 3 is 2.41 bits per heavy atom. The lowest BCUT2D eigenvalue weighted by Gasteiger charge is -2.17. The van der Waals surface area contributed by atoms with Gasteiger partial charge in [0.05, 0.1) is 10.9 Å². The van der Waals surface area contributed by atoms with E-state index in [1.807, 2.05) is 44.2 Å². The van der Waals surface area contributed by atoms with E-state index >= 15 is 0 Å². The zero-order valence-electron chi connectivity index (χ0n) is 15.5. The van der Waals surface area contributed by atoms with Crippen LogP contribution in [0.15, 0.2) is 64.2 Å². The van der Waals surface area contributed by atoms with Gasteiger partial charge in [-0.25, -0.2) is 4.79 Å². The highest BCUT2D eigenvalue weighted by Crippen LogP contribution is 2.11. The van der Waals surface area contributed by atoms with E-state index in [0.29, 0.717) is 23.9 Å². The van der Waals surface area contributed by atoms with E-state index in [1.54, 1.807) is 24.3 Å². The lowest BCUT2D eigenvalue weighted by atomic mass is 10.2. The van der Waals surface area contributed by atoms with E-state index in [0.717, 1.165) is 5.56 Å². The first-order valence-corrected chi connectivity index (χ1v) is 9.07. The molecule has 2 aromatic carbocycles. The van der Waals surface area contributed by atoms with Crippen molar-refractivity contribution in [1.29, 1.82) is 0 Å². The molecule has 0 radical (unpaired) electrons. The van der Waals surface area contributed by atoms with Crippen molar-refractivity contribution in [3.8, 4) is 0 Å². The normalized spacial score (nSPS) is 12.1. The van der Waals surface area contributed by atoms with Crippen molar-refractivity contribution in [1.82, 2.24) is 14.5 Å². The summed E-state index contributed by atoms with van der Waals surface area (Å²) in [4.78, 5) is 38.2. The van der Waals surface area contributed by atoms with Gasteiger partial charge in [0, 0.05) is 12.6 Å². The summed E-state index contributed by atoms with van der Waals surface area (Å²) in [6.07, 6.45) is 0.647. The zero-order chi connectivity index (χ0) is 19.4. The molecule has 0 fully saturated rings. The molecule has 6 nitrogen and oxygen atoms in total. The predicted octanol–water partition coefficient (Wildman–Crippen LogP) is 2.45. The third-order valence-corrected chi connectivity index (χ3v) is 4.75. The average molecular weight is 365 g/mol. The highest BCUT2D eigenvalue weighted by Gasteiger charge is 2.17. The number of rotatable bonds is 6. The second-order valence-electron chi connectivity index (χ2n) is 6.58. The van der Waals surface area contributed by atoms with Crippen molar-refractivity contribution >= 4 is 16.8 Å². The molecule has 0 aliphatic heterocycles. The SMILES string of the molecule is CCC(C)n1c(=O)c2ccccc2n(CC(=O)NCc2ccccc2)c1=O. The summed E-state index contributed by atoms with van der Waals surface area (Å²) in [6.45, 7) is 4.00. The molecule has 0 aliphatic carbocycles. The fraction of sp³-hybridized carbons (Fsp3) is 0.286. The lowest BCUT2D eigenvalue weighted by Crippen LogP contribution is -2.43. The van der Waals surface area contributed by atoms with E-state index in [4.69, 9.17) is 0 Å². The minimum absolute atomic E-state index is 0.136. The fourth-order valence-corrected chi connectivity index (χ4v) is 3.06. The summed E-state index contributed by atoms with van der Waals surface area (Å²) in [5.74, 6) is -0.277. The second-order valence-corrected chi connectivity index (χ2v) is 6.58. The van der Waals surface area contributed by atoms with Gasteiger partial charge in [-0.3, -0.25) is 18.7 Å². The second kappa shape index (κ2) is 8.03. The van der Waals surface area contributed by atoms with Gasteiger partial charge in [-0.1, -0.05) is 49.4 Å². The van der Waals surface area contributed by atoms with Crippen molar-refractivity contribution in [2.24, 2.45) is 0 Å². The molecular weight excluding hydrogens is 342 g/mol. The number of benzene rings is 2. The van der Waals surface area contributed by atoms with Gasteiger partial charge in [-0.2, -0.15) is 0 Å². The van der Waals surface area contributed by atoms with E-state index in [1.165, 1.54) is 9.13 Å². The molecule has 0 bridgehead atoms. The number of para-hydroxylation sites is 1. The van der Waals surface area contributed by atoms with Crippen LogP contribution in [0, 0.1) is 0 Å². The number of amides is 1. The molecule has 0 saturated carbocycles. The minimum Gasteiger partial charge on any atom is -0.350 e. The first-order valence-electron chi connectivity index (χ1n) is 9.07. The number of nitrogens with one attached hydrogen (secondary N) is 1. The summed E-state index contributed by atoms with van der Waals surface area (Å²) in [5, 5.41) is 3.27. The van der Waals surface area contributed by atoms with Crippen LogP contribution in [0.3, 0.4) is 0 Å². The summed E-state index contributed by atoms with van der Waals surface area (Å²) >= 11 is 0. The first-order chi connectivity index (χ1) is 13.0. The molecule has 140 valence electrons. The molecule has 0 saturated heterocycles. The van der Waals surface area contributed by atoms with E-state index in [-0.39, 0.29) is 24.1 Å². The quantitative estimate of drug-likeness (QED) is 0.729. The van der Waals surface area contributed by atoms with Gasteiger partial charge in [0.15, 0.2) is 0 Å². The molecule has 0 spiro atoms. The molecule has 1 unspecified atom stereocenters. The van der Waals surface area contributed by atoms with Gasteiger partial charge < -0.3 is 5.32 Å². The van der Waals surface area contributed by atoms with Crippen molar-refractivity contribution in [3.63, 3.8) is 0 Å². The van der Waals surface area contributed by atoms with Crippen molar-refractivity contribution in [2.75, 3.05) is 0 Å². The van der Waals surface area contributed by atoms with Crippen LogP contribution in [0.1, 0.15) is 31.9 Å². The molecular formula is C21H23N3O3. The molecule has 3 aromatic rings. The third-order valence-electron chi connectivity index (χ3n) is 4.75. The van der Waals surface area contributed by atoms with Gasteiger partial charge >= 0.3 is 5.69 Å². The molecule has 1 N–H and O–H groups in total. The Kier molecular flexibility index (Phi) is 5.54. The molecule has 1 aromatic heterocycles. The van der Waals surface area contributed by atoms with Gasteiger partial charge in [0.2, 0.25) is 5.91 Å². The Bertz CT molecular complexity index is 1070. The first kappa shape index (κ1) is 18.6. The van der Waals surface area contributed by atoms with Crippen LogP contribution in [0.4, 0.5) is 0 Å².